The molecule has 0 saturated carbocycles. The molecule has 0 unspecified atom stereocenters. The third-order valence-electron chi connectivity index (χ3n) is 3.32. The van der Waals surface area contributed by atoms with Crippen LogP contribution in [-0.2, 0) is 14.8 Å². The number of carbonyl (C=O) groups excluding carboxylic acids is 1. The maximum atomic E-state index is 13.5. The molecule has 1 aromatic rings. The van der Waals surface area contributed by atoms with Crippen LogP contribution in [0.2, 0.25) is 0 Å². The Morgan fingerprint density at radius 1 is 1.17 bits per heavy atom. The first-order valence-corrected chi connectivity index (χ1v) is 9.25. The van der Waals surface area contributed by atoms with Gasteiger partial charge >= 0.3 is 0 Å². The maximum Gasteiger partial charge on any atom is 0.225 e. The smallest absolute Gasteiger partial charge is 0.225 e. The highest BCUT2D eigenvalue weighted by molar-refractivity contribution is 7.88. The summed E-state index contributed by atoms with van der Waals surface area (Å²) < 4.78 is 64.0. The fourth-order valence-electron chi connectivity index (χ4n) is 1.91. The number of hydrogen-bond acceptors (Lipinski definition) is 3. The lowest BCUT2D eigenvalue weighted by atomic mass is 10.1. The van der Waals surface area contributed by atoms with E-state index in [0.717, 1.165) is 16.6 Å². The Kier molecular flexibility index (Phi) is 7.22. The molecule has 5 nitrogen and oxygen atoms in total. The molecule has 1 N–H and O–H groups in total. The lowest BCUT2D eigenvalue weighted by Crippen LogP contribution is -2.34. The molecule has 1 amide bonds. The van der Waals surface area contributed by atoms with E-state index in [1.54, 1.807) is 0 Å². The molecule has 1 aromatic carbocycles. The topological polar surface area (TPSA) is 66.5 Å². The van der Waals surface area contributed by atoms with Gasteiger partial charge in [0.15, 0.2) is 17.5 Å². The van der Waals surface area contributed by atoms with Crippen molar-refractivity contribution in [2.24, 2.45) is 5.92 Å². The maximum absolute atomic E-state index is 13.5. The van der Waals surface area contributed by atoms with Gasteiger partial charge in [0, 0.05) is 19.5 Å². The summed E-state index contributed by atoms with van der Waals surface area (Å²) in [5.74, 6) is -4.94. The van der Waals surface area contributed by atoms with Gasteiger partial charge in [-0.25, -0.2) is 25.9 Å². The summed E-state index contributed by atoms with van der Waals surface area (Å²) in [4.78, 5) is 11.8. The number of hydrogen-bond donors (Lipinski definition) is 1. The lowest BCUT2D eigenvalue weighted by molar-refractivity contribution is -0.116. The van der Waals surface area contributed by atoms with E-state index < -0.39 is 39.1 Å². The van der Waals surface area contributed by atoms with Gasteiger partial charge in [-0.2, -0.15) is 0 Å². The minimum Gasteiger partial charge on any atom is -0.323 e. The van der Waals surface area contributed by atoms with Crippen LogP contribution in [-0.4, -0.2) is 38.0 Å². The Hall–Kier alpha value is -1.61. The molecule has 0 saturated heterocycles. The van der Waals surface area contributed by atoms with Gasteiger partial charge in [0.2, 0.25) is 15.9 Å². The predicted molar refractivity (Wildman–Crippen MR) is 85.4 cm³/mol. The molecule has 0 aliphatic heterocycles. The third-order valence-corrected chi connectivity index (χ3v) is 4.63. The summed E-state index contributed by atoms with van der Waals surface area (Å²) >= 11 is 0. The first-order valence-electron chi connectivity index (χ1n) is 7.40. The Morgan fingerprint density at radius 3 is 2.33 bits per heavy atom. The average Bonchev–Trinajstić information content (AvgIpc) is 2.46. The minimum absolute atomic E-state index is 0.0807. The molecule has 1 rings (SSSR count). The van der Waals surface area contributed by atoms with Crippen molar-refractivity contribution in [1.29, 1.82) is 0 Å². The van der Waals surface area contributed by atoms with Crippen molar-refractivity contribution in [1.82, 2.24) is 4.31 Å². The van der Waals surface area contributed by atoms with E-state index in [9.17, 15) is 26.4 Å². The minimum atomic E-state index is -3.48. The largest absolute Gasteiger partial charge is 0.323 e. The molecule has 136 valence electrons. The number of nitrogens with zero attached hydrogens (tertiary/aromatic N) is 1. The zero-order chi connectivity index (χ0) is 18.5. The van der Waals surface area contributed by atoms with Crippen molar-refractivity contribution < 1.29 is 26.4 Å². The summed E-state index contributed by atoms with van der Waals surface area (Å²) in [6, 6.07) is 1.60. The van der Waals surface area contributed by atoms with Gasteiger partial charge in [-0.15, -0.1) is 0 Å². The van der Waals surface area contributed by atoms with Crippen molar-refractivity contribution in [2.45, 2.75) is 26.7 Å². The average molecular weight is 366 g/mol. The van der Waals surface area contributed by atoms with Gasteiger partial charge in [0.1, 0.15) is 0 Å². The standard InChI is InChI=1S/C15H21F3N2O3S/c1-10(2)6-8-20(24(3,22)23)9-7-13(21)19-12-5-4-11(16)14(17)15(12)18/h4-5,10H,6-9H2,1-3H3,(H,19,21). The highest BCUT2D eigenvalue weighted by Crippen LogP contribution is 2.19. The number of carbonyl (C=O) groups is 1. The normalized spacial score (nSPS) is 12.0. The highest BCUT2D eigenvalue weighted by Gasteiger charge is 2.19. The summed E-state index contributed by atoms with van der Waals surface area (Å²) in [6.07, 6.45) is 1.44. The Labute approximate surface area is 139 Å². The van der Waals surface area contributed by atoms with Crippen molar-refractivity contribution in [3.05, 3.63) is 29.6 Å². The molecule has 0 heterocycles. The van der Waals surface area contributed by atoms with Crippen molar-refractivity contribution in [3.8, 4) is 0 Å². The SMILES string of the molecule is CC(C)CCN(CCC(=O)Nc1ccc(F)c(F)c1F)S(C)(=O)=O. The fourth-order valence-corrected chi connectivity index (χ4v) is 2.77. The van der Waals surface area contributed by atoms with E-state index in [-0.39, 0.29) is 19.5 Å². The van der Waals surface area contributed by atoms with Crippen LogP contribution in [0.15, 0.2) is 12.1 Å². The molecule has 0 spiro atoms. The molecular formula is C15H21F3N2O3S. The van der Waals surface area contributed by atoms with Gasteiger partial charge in [-0.1, -0.05) is 13.8 Å². The zero-order valence-corrected chi connectivity index (χ0v) is 14.6. The van der Waals surface area contributed by atoms with Crippen molar-refractivity contribution in [2.75, 3.05) is 24.7 Å². The van der Waals surface area contributed by atoms with Crippen LogP contribution in [0.3, 0.4) is 0 Å². The molecular weight excluding hydrogens is 345 g/mol. The second kappa shape index (κ2) is 8.48. The second-order valence-corrected chi connectivity index (χ2v) is 7.85. The van der Waals surface area contributed by atoms with Crippen LogP contribution >= 0.6 is 0 Å². The number of amides is 1. The fraction of sp³-hybridized carbons (Fsp3) is 0.533. The van der Waals surface area contributed by atoms with Crippen LogP contribution in [0.5, 0.6) is 0 Å². The van der Waals surface area contributed by atoms with Crippen LogP contribution in [0.1, 0.15) is 26.7 Å². The number of rotatable bonds is 8. The predicted octanol–water partition coefficient (Wildman–Crippen LogP) is 2.74. The van der Waals surface area contributed by atoms with Gasteiger partial charge in [0.25, 0.3) is 0 Å². The van der Waals surface area contributed by atoms with Crippen LogP contribution < -0.4 is 5.32 Å². The van der Waals surface area contributed by atoms with Gasteiger partial charge < -0.3 is 5.32 Å². The van der Waals surface area contributed by atoms with Gasteiger partial charge in [-0.3, -0.25) is 4.79 Å². The number of anilines is 1. The molecule has 0 atom stereocenters. The summed E-state index contributed by atoms with van der Waals surface area (Å²) in [5.41, 5.74) is -0.494. The molecule has 24 heavy (non-hydrogen) atoms. The van der Waals surface area contributed by atoms with Gasteiger partial charge in [0.05, 0.1) is 11.9 Å². The van der Waals surface area contributed by atoms with Crippen LogP contribution in [0, 0.1) is 23.4 Å². The van der Waals surface area contributed by atoms with E-state index in [4.69, 9.17) is 0 Å². The number of benzene rings is 1. The number of sulfonamides is 1. The molecule has 0 bridgehead atoms. The summed E-state index contributed by atoms with van der Waals surface area (Å²) in [5, 5.41) is 2.11. The van der Waals surface area contributed by atoms with E-state index >= 15 is 0 Å². The Morgan fingerprint density at radius 2 is 1.79 bits per heavy atom. The van der Waals surface area contributed by atoms with Crippen molar-refractivity contribution in [3.63, 3.8) is 0 Å². The number of halogens is 3. The molecule has 0 aliphatic rings. The van der Waals surface area contributed by atoms with Crippen LogP contribution in [0.25, 0.3) is 0 Å². The quantitative estimate of drug-likeness (QED) is 0.720. The lowest BCUT2D eigenvalue weighted by Gasteiger charge is -2.20. The first-order chi connectivity index (χ1) is 11.0. The summed E-state index contributed by atoms with van der Waals surface area (Å²) in [6.45, 7) is 4.07. The number of nitrogens with one attached hydrogen (secondary N) is 1. The zero-order valence-electron chi connectivity index (χ0n) is 13.8. The van der Waals surface area contributed by atoms with E-state index in [1.807, 2.05) is 13.8 Å². The molecule has 9 heteroatoms. The summed E-state index contributed by atoms with van der Waals surface area (Å²) in [7, 11) is -3.48. The van der Waals surface area contributed by atoms with E-state index in [2.05, 4.69) is 5.32 Å². The molecule has 0 aliphatic carbocycles. The second-order valence-electron chi connectivity index (χ2n) is 5.87. The van der Waals surface area contributed by atoms with Crippen LogP contribution in [0.4, 0.5) is 18.9 Å². The molecule has 0 radical (unpaired) electrons. The van der Waals surface area contributed by atoms with Gasteiger partial charge in [-0.05, 0) is 24.5 Å². The highest BCUT2D eigenvalue weighted by atomic mass is 32.2. The first kappa shape index (κ1) is 20.4. The monoisotopic (exact) mass is 366 g/mol. The Bertz CT molecular complexity index is 693. The molecule has 0 fully saturated rings. The Balaban J connectivity index is 2.68. The third kappa shape index (κ3) is 6.12. The van der Waals surface area contributed by atoms with Crippen molar-refractivity contribution >= 4 is 21.6 Å². The van der Waals surface area contributed by atoms with E-state index in [1.165, 1.54) is 0 Å². The van der Waals surface area contributed by atoms with E-state index in [0.29, 0.717) is 18.4 Å². The molecule has 0 aromatic heterocycles.